The second-order valence-corrected chi connectivity index (χ2v) is 5.23. The van der Waals surface area contributed by atoms with Gasteiger partial charge in [-0.1, -0.05) is 18.2 Å². The van der Waals surface area contributed by atoms with Crippen LogP contribution in [-0.2, 0) is 12.5 Å². The van der Waals surface area contributed by atoms with Gasteiger partial charge in [-0.05, 0) is 35.4 Å². The van der Waals surface area contributed by atoms with Crippen LogP contribution in [-0.4, -0.2) is 15.2 Å². The van der Waals surface area contributed by atoms with Gasteiger partial charge in [-0.25, -0.2) is 0 Å². The van der Waals surface area contributed by atoms with E-state index < -0.39 is 0 Å². The van der Waals surface area contributed by atoms with Crippen molar-refractivity contribution in [3.05, 3.63) is 59.8 Å². The van der Waals surface area contributed by atoms with E-state index in [-0.39, 0.29) is 18.2 Å². The summed E-state index contributed by atoms with van der Waals surface area (Å²) in [5.74, 6) is 0.265. The lowest BCUT2D eigenvalue weighted by Gasteiger charge is -2.07. The van der Waals surface area contributed by atoms with E-state index in [0.717, 1.165) is 16.5 Å². The van der Waals surface area contributed by atoms with Gasteiger partial charge < -0.3 is 10.2 Å². The summed E-state index contributed by atoms with van der Waals surface area (Å²) in [6.07, 6.45) is 1.61. The Hall–Kier alpha value is -2.50. The summed E-state index contributed by atoms with van der Waals surface area (Å²) in [5.41, 5.74) is 3.02. The summed E-state index contributed by atoms with van der Waals surface area (Å²) in [5, 5.41) is 28.4. The van der Waals surface area contributed by atoms with E-state index in [0.29, 0.717) is 16.9 Å². The Morgan fingerprint density at radius 1 is 1.09 bits per heavy atom. The highest BCUT2D eigenvalue weighted by Crippen LogP contribution is 2.37. The molecule has 3 aromatic rings. The quantitative estimate of drug-likeness (QED) is 0.543. The van der Waals surface area contributed by atoms with E-state index in [9.17, 15) is 5.11 Å². The number of benzene rings is 2. The number of phenols is 1. The van der Waals surface area contributed by atoms with Gasteiger partial charge in [-0.2, -0.15) is 5.11 Å². The van der Waals surface area contributed by atoms with Crippen molar-refractivity contribution in [1.29, 1.82) is 0 Å². The number of azo groups is 1. The number of alkyl halides is 1. The van der Waals surface area contributed by atoms with Crippen LogP contribution in [0.5, 0.6) is 5.75 Å². The van der Waals surface area contributed by atoms with Gasteiger partial charge in [0.2, 0.25) is 0 Å². The van der Waals surface area contributed by atoms with E-state index in [4.69, 9.17) is 16.7 Å². The molecule has 0 aliphatic rings. The first-order chi connectivity index (χ1) is 11.2. The van der Waals surface area contributed by atoms with Crippen molar-refractivity contribution in [2.45, 2.75) is 12.5 Å². The van der Waals surface area contributed by atoms with Crippen molar-refractivity contribution in [2.75, 3.05) is 0 Å². The predicted molar refractivity (Wildman–Crippen MR) is 89.5 cm³/mol. The fraction of sp³-hybridized carbons (Fsp3) is 0.118. The number of aliphatic hydroxyl groups is 1. The second kappa shape index (κ2) is 6.73. The number of hydrogen-bond donors (Lipinski definition) is 2. The number of phenolic OH excluding ortho intramolecular Hbond substituents is 1. The van der Waals surface area contributed by atoms with Gasteiger partial charge in [0.05, 0.1) is 12.3 Å². The van der Waals surface area contributed by atoms with Crippen LogP contribution in [0.15, 0.2) is 58.9 Å². The molecule has 0 saturated carbocycles. The molecule has 5 nitrogen and oxygen atoms in total. The highest BCUT2D eigenvalue weighted by molar-refractivity contribution is 6.18. The number of nitrogens with zero attached hydrogens (tertiary/aromatic N) is 3. The molecule has 0 saturated heterocycles. The van der Waals surface area contributed by atoms with Crippen LogP contribution >= 0.6 is 11.6 Å². The lowest BCUT2D eigenvalue weighted by atomic mass is 10.1. The van der Waals surface area contributed by atoms with Crippen LogP contribution < -0.4 is 0 Å². The van der Waals surface area contributed by atoms with Crippen LogP contribution in [0.1, 0.15) is 11.1 Å². The van der Waals surface area contributed by atoms with Gasteiger partial charge in [0.1, 0.15) is 11.2 Å². The van der Waals surface area contributed by atoms with E-state index in [1.54, 1.807) is 42.6 Å². The zero-order chi connectivity index (χ0) is 16.2. The van der Waals surface area contributed by atoms with Crippen LogP contribution in [0.4, 0.5) is 11.4 Å². The summed E-state index contributed by atoms with van der Waals surface area (Å²) in [6, 6.07) is 12.4. The number of aromatic hydroxyl groups is 1. The molecule has 6 heteroatoms. The first-order valence-electron chi connectivity index (χ1n) is 7.00. The standard InChI is InChI=1S/C17H14ClN3O2/c18-9-12-8-15(17(23)16-14(12)2-1-7-19-16)21-20-13-5-3-11(10-22)4-6-13/h1-8,22-23H,9-10H2. The molecule has 0 amide bonds. The van der Waals surface area contributed by atoms with Crippen LogP contribution in [0.2, 0.25) is 0 Å². The Labute approximate surface area is 137 Å². The van der Waals surface area contributed by atoms with Gasteiger partial charge in [0.15, 0.2) is 5.75 Å². The first kappa shape index (κ1) is 15.4. The molecule has 0 atom stereocenters. The molecule has 3 rings (SSSR count). The molecule has 0 aliphatic heterocycles. The number of fused-ring (bicyclic) bond motifs is 1. The minimum absolute atomic E-state index is 0.0202. The van der Waals surface area contributed by atoms with Gasteiger partial charge in [-0.3, -0.25) is 4.98 Å². The van der Waals surface area contributed by atoms with E-state index >= 15 is 0 Å². The van der Waals surface area contributed by atoms with E-state index in [2.05, 4.69) is 15.2 Å². The summed E-state index contributed by atoms with van der Waals surface area (Å²) in [6.45, 7) is -0.0202. The lowest BCUT2D eigenvalue weighted by molar-refractivity contribution is 0.282. The normalized spacial score (nSPS) is 11.4. The van der Waals surface area contributed by atoms with Crippen molar-refractivity contribution in [3.8, 4) is 5.75 Å². The molecule has 0 bridgehead atoms. The number of rotatable bonds is 4. The average molecular weight is 328 g/mol. The molecule has 1 aromatic heterocycles. The Bertz CT molecular complexity index is 864. The maximum atomic E-state index is 10.3. The maximum Gasteiger partial charge on any atom is 0.169 e. The van der Waals surface area contributed by atoms with Gasteiger partial charge >= 0.3 is 0 Å². The Kier molecular flexibility index (Phi) is 4.50. The van der Waals surface area contributed by atoms with E-state index in [1.165, 1.54) is 0 Å². The molecule has 23 heavy (non-hydrogen) atoms. The minimum atomic E-state index is -0.0230. The number of halogens is 1. The maximum absolute atomic E-state index is 10.3. The third-order valence-corrected chi connectivity index (χ3v) is 3.76. The smallest absolute Gasteiger partial charge is 0.169 e. The highest BCUT2D eigenvalue weighted by Gasteiger charge is 2.11. The monoisotopic (exact) mass is 327 g/mol. The third-order valence-electron chi connectivity index (χ3n) is 3.47. The van der Waals surface area contributed by atoms with Gasteiger partial charge in [0.25, 0.3) is 0 Å². The fourth-order valence-electron chi connectivity index (χ4n) is 2.25. The fourth-order valence-corrected chi connectivity index (χ4v) is 2.47. The number of pyridine rings is 1. The Morgan fingerprint density at radius 3 is 2.57 bits per heavy atom. The summed E-state index contributed by atoms with van der Waals surface area (Å²) < 4.78 is 0. The summed E-state index contributed by atoms with van der Waals surface area (Å²) >= 11 is 5.98. The van der Waals surface area contributed by atoms with Crippen molar-refractivity contribution in [2.24, 2.45) is 10.2 Å². The number of aromatic nitrogens is 1. The Morgan fingerprint density at radius 2 is 1.87 bits per heavy atom. The van der Waals surface area contributed by atoms with Crippen molar-refractivity contribution in [3.63, 3.8) is 0 Å². The molecule has 0 unspecified atom stereocenters. The molecule has 0 fully saturated rings. The van der Waals surface area contributed by atoms with Crippen LogP contribution in [0, 0.1) is 0 Å². The third kappa shape index (κ3) is 3.16. The van der Waals surface area contributed by atoms with Crippen LogP contribution in [0.25, 0.3) is 10.9 Å². The SMILES string of the molecule is OCc1ccc(N=Nc2cc(CCl)c3cccnc3c2O)cc1. The van der Waals surface area contributed by atoms with Crippen molar-refractivity contribution >= 4 is 33.9 Å². The second-order valence-electron chi connectivity index (χ2n) is 4.96. The van der Waals surface area contributed by atoms with Crippen molar-refractivity contribution in [1.82, 2.24) is 4.98 Å². The van der Waals surface area contributed by atoms with Crippen molar-refractivity contribution < 1.29 is 10.2 Å². The van der Waals surface area contributed by atoms with E-state index in [1.807, 2.05) is 6.07 Å². The van der Waals surface area contributed by atoms with Crippen LogP contribution in [0.3, 0.4) is 0 Å². The molecule has 116 valence electrons. The first-order valence-corrected chi connectivity index (χ1v) is 7.53. The molecular weight excluding hydrogens is 314 g/mol. The zero-order valence-corrected chi connectivity index (χ0v) is 12.9. The highest BCUT2D eigenvalue weighted by atomic mass is 35.5. The lowest BCUT2D eigenvalue weighted by Crippen LogP contribution is -1.86. The molecule has 2 N–H and O–H groups in total. The minimum Gasteiger partial charge on any atom is -0.504 e. The Balaban J connectivity index is 2.01. The summed E-state index contributed by atoms with van der Waals surface area (Å²) in [7, 11) is 0. The molecular formula is C17H14ClN3O2. The largest absolute Gasteiger partial charge is 0.504 e. The van der Waals surface area contributed by atoms with Gasteiger partial charge in [0, 0.05) is 17.5 Å². The molecule has 2 aromatic carbocycles. The summed E-state index contributed by atoms with van der Waals surface area (Å²) in [4.78, 5) is 4.19. The predicted octanol–water partition coefficient (Wildman–Crippen LogP) is 4.59. The number of hydrogen-bond acceptors (Lipinski definition) is 5. The molecule has 0 radical (unpaired) electrons. The molecule has 0 aliphatic carbocycles. The number of aliphatic hydroxyl groups excluding tert-OH is 1. The topological polar surface area (TPSA) is 78.1 Å². The zero-order valence-electron chi connectivity index (χ0n) is 12.1. The average Bonchev–Trinajstić information content (AvgIpc) is 2.62. The van der Waals surface area contributed by atoms with Gasteiger partial charge in [-0.15, -0.1) is 16.7 Å². The molecule has 0 spiro atoms. The molecule has 1 heterocycles.